The molecule has 0 radical (unpaired) electrons. The number of carboxylic acids is 1. The van der Waals surface area contributed by atoms with E-state index in [9.17, 15) is 4.79 Å². The lowest BCUT2D eigenvalue weighted by atomic mass is 10.0. The van der Waals surface area contributed by atoms with E-state index in [2.05, 4.69) is 10.7 Å². The highest BCUT2D eigenvalue weighted by atomic mass is 32.1. The highest BCUT2D eigenvalue weighted by Gasteiger charge is 2.16. The van der Waals surface area contributed by atoms with E-state index < -0.39 is 5.97 Å². The maximum atomic E-state index is 10.5. The fourth-order valence-electron chi connectivity index (χ4n) is 1.63. The molecule has 0 saturated carbocycles. The molecule has 0 saturated heterocycles. The van der Waals surface area contributed by atoms with Crippen molar-refractivity contribution in [3.05, 3.63) is 21.4 Å². The predicted octanol–water partition coefficient (Wildman–Crippen LogP) is 1.02. The Bertz CT molecular complexity index is 332. The van der Waals surface area contributed by atoms with Crippen molar-refractivity contribution in [2.24, 2.45) is 0 Å². The van der Waals surface area contributed by atoms with Gasteiger partial charge in [-0.3, -0.25) is 4.79 Å². The molecule has 3 nitrogen and oxygen atoms in total. The minimum Gasteiger partial charge on any atom is -0.481 e. The molecular formula is C9H11NO2S. The van der Waals surface area contributed by atoms with Crippen LogP contribution in [-0.2, 0) is 24.2 Å². The number of hydrogen-bond acceptors (Lipinski definition) is 3. The van der Waals surface area contributed by atoms with E-state index in [1.54, 1.807) is 11.3 Å². The summed E-state index contributed by atoms with van der Waals surface area (Å²) in [5, 5.41) is 14.0. The molecule has 13 heavy (non-hydrogen) atoms. The van der Waals surface area contributed by atoms with Crippen LogP contribution in [0.1, 0.15) is 16.0 Å². The van der Waals surface area contributed by atoms with Crippen LogP contribution in [0.15, 0.2) is 5.38 Å². The molecular weight excluding hydrogens is 186 g/mol. The van der Waals surface area contributed by atoms with Crippen molar-refractivity contribution >= 4 is 17.3 Å². The van der Waals surface area contributed by atoms with Crippen molar-refractivity contribution < 1.29 is 9.90 Å². The molecule has 0 amide bonds. The second kappa shape index (κ2) is 3.47. The summed E-state index contributed by atoms with van der Waals surface area (Å²) in [6.45, 7) is 1.86. The maximum Gasteiger partial charge on any atom is 0.308 e. The van der Waals surface area contributed by atoms with Crippen molar-refractivity contribution in [3.63, 3.8) is 0 Å². The molecule has 0 atom stereocenters. The molecule has 0 unspecified atom stereocenters. The van der Waals surface area contributed by atoms with Crippen LogP contribution in [0, 0.1) is 0 Å². The third-order valence-corrected chi connectivity index (χ3v) is 3.32. The van der Waals surface area contributed by atoms with Crippen LogP contribution < -0.4 is 5.32 Å². The number of aliphatic carboxylic acids is 1. The lowest BCUT2D eigenvalue weighted by Gasteiger charge is -2.13. The van der Waals surface area contributed by atoms with E-state index in [0.29, 0.717) is 0 Å². The van der Waals surface area contributed by atoms with Crippen LogP contribution in [0.2, 0.25) is 0 Å². The quantitative estimate of drug-likeness (QED) is 0.744. The standard InChI is InChI=1S/C9H11NO2S/c11-9(12)3-8-7-1-2-10-4-6(7)5-13-8/h5,10H,1-4H2,(H,11,12). The van der Waals surface area contributed by atoms with E-state index in [-0.39, 0.29) is 6.42 Å². The van der Waals surface area contributed by atoms with Gasteiger partial charge in [0.05, 0.1) is 6.42 Å². The van der Waals surface area contributed by atoms with Crippen LogP contribution in [0.4, 0.5) is 0 Å². The summed E-state index contributed by atoms with van der Waals surface area (Å²) in [6, 6.07) is 0. The van der Waals surface area contributed by atoms with E-state index in [1.165, 1.54) is 11.1 Å². The average Bonchev–Trinajstić information content (AvgIpc) is 2.48. The van der Waals surface area contributed by atoms with E-state index >= 15 is 0 Å². The van der Waals surface area contributed by atoms with Crippen molar-refractivity contribution in [3.8, 4) is 0 Å². The Hall–Kier alpha value is -0.870. The second-order valence-corrected chi connectivity index (χ2v) is 4.12. The van der Waals surface area contributed by atoms with Crippen molar-refractivity contribution in [1.29, 1.82) is 0 Å². The van der Waals surface area contributed by atoms with Gasteiger partial charge >= 0.3 is 5.97 Å². The zero-order chi connectivity index (χ0) is 9.26. The molecule has 0 aromatic carbocycles. The van der Waals surface area contributed by atoms with Crippen LogP contribution in [0.25, 0.3) is 0 Å². The number of thiophene rings is 1. The molecule has 0 bridgehead atoms. The van der Waals surface area contributed by atoms with Crippen LogP contribution in [0.5, 0.6) is 0 Å². The van der Waals surface area contributed by atoms with Gasteiger partial charge < -0.3 is 10.4 Å². The maximum absolute atomic E-state index is 10.5. The SMILES string of the molecule is O=C(O)Cc1scc2c1CCNC2. The minimum absolute atomic E-state index is 0.181. The summed E-state index contributed by atoms with van der Waals surface area (Å²) in [7, 11) is 0. The molecule has 2 heterocycles. The number of fused-ring (bicyclic) bond motifs is 1. The van der Waals surface area contributed by atoms with Gasteiger partial charge in [0.2, 0.25) is 0 Å². The van der Waals surface area contributed by atoms with Gasteiger partial charge in [-0.25, -0.2) is 0 Å². The number of carbonyl (C=O) groups is 1. The molecule has 0 spiro atoms. The van der Waals surface area contributed by atoms with Gasteiger partial charge in [-0.15, -0.1) is 11.3 Å². The first-order valence-electron chi connectivity index (χ1n) is 4.28. The molecule has 1 aliphatic rings. The number of rotatable bonds is 2. The van der Waals surface area contributed by atoms with Gasteiger partial charge in [0.1, 0.15) is 0 Å². The highest BCUT2D eigenvalue weighted by Crippen LogP contribution is 2.25. The Morgan fingerprint density at radius 3 is 3.31 bits per heavy atom. The van der Waals surface area contributed by atoms with Gasteiger partial charge in [0.25, 0.3) is 0 Å². The molecule has 70 valence electrons. The summed E-state index contributed by atoms with van der Waals surface area (Å²) in [6.07, 6.45) is 1.15. The zero-order valence-corrected chi connectivity index (χ0v) is 7.99. The lowest BCUT2D eigenvalue weighted by Crippen LogP contribution is -2.23. The zero-order valence-electron chi connectivity index (χ0n) is 7.17. The van der Waals surface area contributed by atoms with E-state index in [4.69, 9.17) is 5.11 Å². The number of carboxylic acid groups (broad SMARTS) is 1. The molecule has 0 aliphatic carbocycles. The monoisotopic (exact) mass is 197 g/mol. The molecule has 1 aromatic rings. The van der Waals surface area contributed by atoms with Gasteiger partial charge in [0.15, 0.2) is 0 Å². The first-order valence-corrected chi connectivity index (χ1v) is 5.16. The smallest absolute Gasteiger partial charge is 0.308 e. The molecule has 1 aliphatic heterocycles. The van der Waals surface area contributed by atoms with Gasteiger partial charge in [-0.2, -0.15) is 0 Å². The highest BCUT2D eigenvalue weighted by molar-refractivity contribution is 7.10. The van der Waals surface area contributed by atoms with Crippen molar-refractivity contribution in [1.82, 2.24) is 5.32 Å². The molecule has 2 rings (SSSR count). The van der Waals surface area contributed by atoms with Crippen molar-refractivity contribution in [2.45, 2.75) is 19.4 Å². The first kappa shape index (κ1) is 8.72. The van der Waals surface area contributed by atoms with E-state index in [0.717, 1.165) is 24.4 Å². The summed E-state index contributed by atoms with van der Waals surface area (Å²) in [5.74, 6) is -0.733. The number of nitrogens with one attached hydrogen (secondary N) is 1. The first-order chi connectivity index (χ1) is 6.27. The van der Waals surface area contributed by atoms with Crippen LogP contribution in [-0.4, -0.2) is 17.6 Å². The normalized spacial score (nSPS) is 15.4. The Morgan fingerprint density at radius 1 is 1.69 bits per heavy atom. The molecule has 2 N–H and O–H groups in total. The minimum atomic E-state index is -0.733. The Balaban J connectivity index is 2.26. The Labute approximate surface area is 80.4 Å². The van der Waals surface area contributed by atoms with E-state index in [1.807, 2.05) is 0 Å². The predicted molar refractivity (Wildman–Crippen MR) is 51.1 cm³/mol. The summed E-state index contributed by atoms with van der Waals surface area (Å²) < 4.78 is 0. The van der Waals surface area contributed by atoms with Gasteiger partial charge in [0, 0.05) is 11.4 Å². The van der Waals surface area contributed by atoms with Gasteiger partial charge in [-0.05, 0) is 29.5 Å². The fourth-order valence-corrected chi connectivity index (χ4v) is 2.73. The van der Waals surface area contributed by atoms with Crippen molar-refractivity contribution in [2.75, 3.05) is 6.54 Å². The topological polar surface area (TPSA) is 49.3 Å². The summed E-state index contributed by atoms with van der Waals surface area (Å²) in [4.78, 5) is 11.6. The second-order valence-electron chi connectivity index (χ2n) is 3.16. The average molecular weight is 197 g/mol. The molecule has 1 aromatic heterocycles. The summed E-state index contributed by atoms with van der Waals surface area (Å²) >= 11 is 1.57. The molecule has 0 fully saturated rings. The summed E-state index contributed by atoms with van der Waals surface area (Å²) in [5.41, 5.74) is 2.55. The fraction of sp³-hybridized carbons (Fsp3) is 0.444. The van der Waals surface area contributed by atoms with Gasteiger partial charge in [-0.1, -0.05) is 0 Å². The lowest BCUT2D eigenvalue weighted by molar-refractivity contribution is -0.136. The van der Waals surface area contributed by atoms with Crippen LogP contribution in [0.3, 0.4) is 0 Å². The molecule has 4 heteroatoms. The largest absolute Gasteiger partial charge is 0.481 e. The third kappa shape index (κ3) is 1.73. The third-order valence-electron chi connectivity index (χ3n) is 2.25. The van der Waals surface area contributed by atoms with Crippen LogP contribution >= 0.6 is 11.3 Å². The number of hydrogen-bond donors (Lipinski definition) is 2. The Morgan fingerprint density at radius 2 is 2.54 bits per heavy atom. The Kier molecular flexibility index (Phi) is 2.33.